The molecule has 3 aromatic rings. The molecular formula is C23H27N3OS. The molecule has 0 bridgehead atoms. The molecule has 0 aliphatic rings. The van der Waals surface area contributed by atoms with Crippen LogP contribution in [0.15, 0.2) is 29.6 Å². The van der Waals surface area contributed by atoms with E-state index in [4.69, 9.17) is 0 Å². The first-order valence-electron chi connectivity index (χ1n) is 9.70. The van der Waals surface area contributed by atoms with Crippen molar-refractivity contribution >= 4 is 33.1 Å². The first kappa shape index (κ1) is 20.2. The standard InChI is InChI=1S/C23H27N3OS/c1-6-7-12-26-19-11-9-8-10-16(19)15(2)20(26)21(27)25-22-17(13-24)18(14-28-22)23(3,4)5/h8-11,14H,6-7,12H2,1-5H3,(H,25,27). The SMILES string of the molecule is CCCCn1c(C(=O)Nc2scc(C(C)(C)C)c2C#N)c(C)c2ccccc21. The number of carbonyl (C=O) groups is 1. The zero-order valence-electron chi connectivity index (χ0n) is 17.2. The zero-order valence-corrected chi connectivity index (χ0v) is 18.0. The summed E-state index contributed by atoms with van der Waals surface area (Å²) in [5.74, 6) is -0.149. The Morgan fingerprint density at radius 3 is 2.64 bits per heavy atom. The fraction of sp³-hybridized carbons (Fsp3) is 0.391. The molecule has 1 N–H and O–H groups in total. The van der Waals surface area contributed by atoms with Crippen molar-refractivity contribution in [2.75, 3.05) is 5.32 Å². The van der Waals surface area contributed by atoms with E-state index in [1.54, 1.807) is 0 Å². The third-order valence-electron chi connectivity index (χ3n) is 5.11. The van der Waals surface area contributed by atoms with Gasteiger partial charge in [0.05, 0.1) is 5.56 Å². The van der Waals surface area contributed by atoms with Gasteiger partial charge in [0.1, 0.15) is 16.8 Å². The van der Waals surface area contributed by atoms with Gasteiger partial charge >= 0.3 is 0 Å². The lowest BCUT2D eigenvalue weighted by atomic mass is 9.86. The molecule has 0 fully saturated rings. The predicted molar refractivity (Wildman–Crippen MR) is 117 cm³/mol. The van der Waals surface area contributed by atoms with Crippen molar-refractivity contribution in [2.45, 2.75) is 59.4 Å². The quantitative estimate of drug-likeness (QED) is 0.558. The average molecular weight is 394 g/mol. The Balaban J connectivity index is 2.05. The van der Waals surface area contributed by atoms with Crippen LogP contribution in [-0.2, 0) is 12.0 Å². The monoisotopic (exact) mass is 393 g/mol. The highest BCUT2D eigenvalue weighted by atomic mass is 32.1. The summed E-state index contributed by atoms with van der Waals surface area (Å²) in [6.07, 6.45) is 2.07. The molecule has 0 spiro atoms. The first-order chi connectivity index (χ1) is 13.3. The van der Waals surface area contributed by atoms with E-state index in [0.29, 0.717) is 16.3 Å². The van der Waals surface area contributed by atoms with Crippen molar-refractivity contribution in [3.8, 4) is 6.07 Å². The molecular weight excluding hydrogens is 366 g/mol. The molecule has 0 unspecified atom stereocenters. The molecule has 0 aliphatic carbocycles. The van der Waals surface area contributed by atoms with Crippen molar-refractivity contribution in [3.63, 3.8) is 0 Å². The van der Waals surface area contributed by atoms with E-state index in [-0.39, 0.29) is 11.3 Å². The fourth-order valence-corrected chi connectivity index (χ4v) is 4.73. The van der Waals surface area contributed by atoms with Gasteiger partial charge in [0.15, 0.2) is 0 Å². The number of hydrogen-bond donors (Lipinski definition) is 1. The number of benzene rings is 1. The third-order valence-corrected chi connectivity index (χ3v) is 6.01. The van der Waals surface area contributed by atoms with Gasteiger partial charge in [-0.15, -0.1) is 11.3 Å². The molecule has 0 atom stereocenters. The molecule has 3 rings (SSSR count). The highest BCUT2D eigenvalue weighted by Gasteiger charge is 2.25. The van der Waals surface area contributed by atoms with E-state index < -0.39 is 0 Å². The smallest absolute Gasteiger partial charge is 0.273 e. The van der Waals surface area contributed by atoms with E-state index in [2.05, 4.69) is 55.8 Å². The maximum atomic E-state index is 13.3. The summed E-state index contributed by atoms with van der Waals surface area (Å²) in [4.78, 5) is 13.3. The molecule has 5 heteroatoms. The maximum Gasteiger partial charge on any atom is 0.273 e. The normalized spacial score (nSPS) is 11.6. The van der Waals surface area contributed by atoms with Crippen LogP contribution in [-0.4, -0.2) is 10.5 Å². The number of anilines is 1. The van der Waals surface area contributed by atoms with E-state index in [9.17, 15) is 10.1 Å². The molecule has 4 nitrogen and oxygen atoms in total. The van der Waals surface area contributed by atoms with Gasteiger partial charge in [0, 0.05) is 17.4 Å². The summed E-state index contributed by atoms with van der Waals surface area (Å²) in [5, 5.41) is 16.4. The second-order valence-corrected chi connectivity index (χ2v) is 9.05. The number of rotatable bonds is 5. The molecule has 146 valence electrons. The number of para-hydroxylation sites is 1. The number of aromatic nitrogens is 1. The van der Waals surface area contributed by atoms with Crippen LogP contribution >= 0.6 is 11.3 Å². The van der Waals surface area contributed by atoms with Gasteiger partial charge in [-0.05, 0) is 41.3 Å². The number of carbonyl (C=O) groups excluding carboxylic acids is 1. The van der Waals surface area contributed by atoms with E-state index in [0.717, 1.165) is 41.4 Å². The number of amides is 1. The van der Waals surface area contributed by atoms with Gasteiger partial charge in [-0.2, -0.15) is 5.26 Å². The molecule has 0 radical (unpaired) electrons. The molecule has 1 amide bonds. The summed E-state index contributed by atoms with van der Waals surface area (Å²) in [5.41, 5.74) is 4.15. The van der Waals surface area contributed by atoms with Crippen LogP contribution in [0.1, 0.15) is 67.7 Å². The van der Waals surface area contributed by atoms with Crippen molar-refractivity contribution in [2.24, 2.45) is 0 Å². The number of fused-ring (bicyclic) bond motifs is 1. The minimum absolute atomic E-state index is 0.142. The maximum absolute atomic E-state index is 13.3. The fourth-order valence-electron chi connectivity index (χ4n) is 3.59. The van der Waals surface area contributed by atoms with Crippen molar-refractivity contribution in [3.05, 3.63) is 52.0 Å². The third kappa shape index (κ3) is 3.57. The van der Waals surface area contributed by atoms with Crippen LogP contribution in [0.2, 0.25) is 0 Å². The number of thiophene rings is 1. The van der Waals surface area contributed by atoms with E-state index >= 15 is 0 Å². The van der Waals surface area contributed by atoms with Crippen LogP contribution < -0.4 is 5.32 Å². The Labute approximate surface area is 170 Å². The second-order valence-electron chi connectivity index (χ2n) is 8.17. The molecule has 0 aliphatic heterocycles. The molecule has 0 saturated heterocycles. The lowest BCUT2D eigenvalue weighted by Gasteiger charge is -2.17. The number of nitrogens with one attached hydrogen (secondary N) is 1. The number of nitriles is 1. The van der Waals surface area contributed by atoms with Gasteiger partial charge < -0.3 is 9.88 Å². The molecule has 1 aromatic carbocycles. The van der Waals surface area contributed by atoms with Crippen LogP contribution in [0, 0.1) is 18.3 Å². The molecule has 2 heterocycles. The summed E-state index contributed by atoms with van der Waals surface area (Å²) in [7, 11) is 0. The first-order valence-corrected chi connectivity index (χ1v) is 10.6. The van der Waals surface area contributed by atoms with Crippen LogP contribution in [0.4, 0.5) is 5.00 Å². The van der Waals surface area contributed by atoms with Crippen molar-refractivity contribution in [1.29, 1.82) is 5.26 Å². The minimum Gasteiger partial charge on any atom is -0.336 e. The Bertz CT molecular complexity index is 1060. The highest BCUT2D eigenvalue weighted by Crippen LogP contribution is 2.36. The average Bonchev–Trinajstić information content (AvgIpc) is 3.19. The van der Waals surface area contributed by atoms with Gasteiger partial charge in [-0.1, -0.05) is 52.3 Å². The van der Waals surface area contributed by atoms with E-state index in [1.807, 2.05) is 24.4 Å². The van der Waals surface area contributed by atoms with Gasteiger partial charge in [-0.3, -0.25) is 4.79 Å². The highest BCUT2D eigenvalue weighted by molar-refractivity contribution is 7.14. The Morgan fingerprint density at radius 1 is 1.29 bits per heavy atom. The topological polar surface area (TPSA) is 57.8 Å². The molecule has 28 heavy (non-hydrogen) atoms. The molecule has 2 aromatic heterocycles. The largest absolute Gasteiger partial charge is 0.336 e. The Hall–Kier alpha value is -2.58. The molecule has 0 saturated carbocycles. The number of hydrogen-bond acceptors (Lipinski definition) is 3. The van der Waals surface area contributed by atoms with Gasteiger partial charge in [-0.25, -0.2) is 0 Å². The summed E-state index contributed by atoms with van der Waals surface area (Å²) < 4.78 is 2.12. The Morgan fingerprint density at radius 2 is 2.00 bits per heavy atom. The predicted octanol–water partition coefficient (Wildman–Crippen LogP) is 6.23. The summed E-state index contributed by atoms with van der Waals surface area (Å²) >= 11 is 1.42. The van der Waals surface area contributed by atoms with Crippen molar-refractivity contribution < 1.29 is 4.79 Å². The van der Waals surface area contributed by atoms with Crippen LogP contribution in [0.3, 0.4) is 0 Å². The van der Waals surface area contributed by atoms with E-state index in [1.165, 1.54) is 11.3 Å². The lowest BCUT2D eigenvalue weighted by Crippen LogP contribution is -2.19. The van der Waals surface area contributed by atoms with Crippen LogP contribution in [0.25, 0.3) is 10.9 Å². The minimum atomic E-state index is -0.149. The zero-order chi connectivity index (χ0) is 20.5. The Kier molecular flexibility index (Phi) is 5.62. The van der Waals surface area contributed by atoms with Gasteiger partial charge in [0.2, 0.25) is 0 Å². The van der Waals surface area contributed by atoms with Crippen molar-refractivity contribution in [1.82, 2.24) is 4.57 Å². The second kappa shape index (κ2) is 7.81. The lowest BCUT2D eigenvalue weighted by molar-refractivity contribution is 0.101. The van der Waals surface area contributed by atoms with Gasteiger partial charge in [0.25, 0.3) is 5.91 Å². The van der Waals surface area contributed by atoms with Crippen LogP contribution in [0.5, 0.6) is 0 Å². The number of unbranched alkanes of at least 4 members (excludes halogenated alkanes) is 1. The summed E-state index contributed by atoms with van der Waals surface area (Å²) in [6.45, 7) is 11.2. The number of aryl methyl sites for hydroxylation is 2. The number of nitrogens with zero attached hydrogens (tertiary/aromatic N) is 2. The summed E-state index contributed by atoms with van der Waals surface area (Å²) in [6, 6.07) is 10.4.